The van der Waals surface area contributed by atoms with E-state index in [4.69, 9.17) is 10.2 Å². The predicted molar refractivity (Wildman–Crippen MR) is 86.1 cm³/mol. The largest absolute Gasteiger partial charge is 0.412 e. The van der Waals surface area contributed by atoms with Gasteiger partial charge in [0.15, 0.2) is 0 Å². The molecule has 0 saturated heterocycles. The molecule has 1 aliphatic heterocycles. The Morgan fingerprint density at radius 3 is 2.87 bits per heavy atom. The zero-order valence-corrected chi connectivity index (χ0v) is 13.3. The van der Waals surface area contributed by atoms with Crippen molar-refractivity contribution >= 4 is 6.34 Å². The number of aliphatic hydroxyl groups is 1. The van der Waals surface area contributed by atoms with Crippen molar-refractivity contribution in [2.45, 2.75) is 38.6 Å². The fourth-order valence-corrected chi connectivity index (χ4v) is 2.45. The lowest BCUT2D eigenvalue weighted by Crippen LogP contribution is -2.35. The van der Waals surface area contributed by atoms with Crippen LogP contribution in [-0.2, 0) is 4.84 Å². The van der Waals surface area contributed by atoms with Gasteiger partial charge in [0, 0.05) is 0 Å². The van der Waals surface area contributed by atoms with Crippen LogP contribution in [0.4, 0.5) is 4.39 Å². The average molecular weight is 322 g/mol. The number of benzene rings is 1. The Hall–Kier alpha value is -1.96. The SMILES string of the molecule is CCC1C=C(CNC(NC=N)c2ccc(F)cc2C(C)O)ON1. The molecule has 0 saturated carbocycles. The van der Waals surface area contributed by atoms with Crippen LogP contribution in [0.3, 0.4) is 0 Å². The molecule has 0 aliphatic carbocycles. The van der Waals surface area contributed by atoms with E-state index in [9.17, 15) is 9.50 Å². The Morgan fingerprint density at radius 1 is 1.48 bits per heavy atom. The summed E-state index contributed by atoms with van der Waals surface area (Å²) in [6.45, 7) is 4.07. The van der Waals surface area contributed by atoms with E-state index in [0.29, 0.717) is 17.7 Å². The topological polar surface area (TPSA) is 89.4 Å². The van der Waals surface area contributed by atoms with Crippen molar-refractivity contribution in [2.24, 2.45) is 0 Å². The van der Waals surface area contributed by atoms with Crippen molar-refractivity contribution in [1.82, 2.24) is 16.1 Å². The average Bonchev–Trinajstić information content (AvgIpc) is 2.99. The standard InChI is InChI=1S/C16H23FN4O2/c1-3-12-7-13(23-21-12)8-19-16(20-9-18)14-5-4-11(17)6-15(14)10(2)22/h4-7,9-10,12,16,19,21-22H,3,8H2,1-2H3,(H2,18,20). The van der Waals surface area contributed by atoms with Gasteiger partial charge in [0.1, 0.15) is 17.7 Å². The molecule has 7 heteroatoms. The summed E-state index contributed by atoms with van der Waals surface area (Å²) >= 11 is 0. The third-order valence-corrected chi connectivity index (χ3v) is 3.71. The summed E-state index contributed by atoms with van der Waals surface area (Å²) in [4.78, 5) is 5.37. The molecule has 1 aromatic rings. The van der Waals surface area contributed by atoms with E-state index in [1.165, 1.54) is 12.1 Å². The van der Waals surface area contributed by atoms with Gasteiger partial charge in [-0.25, -0.2) is 4.39 Å². The van der Waals surface area contributed by atoms with Gasteiger partial charge in [0.25, 0.3) is 0 Å². The van der Waals surface area contributed by atoms with Gasteiger partial charge in [-0.2, -0.15) is 5.48 Å². The lowest BCUT2D eigenvalue weighted by molar-refractivity contribution is 0.110. The van der Waals surface area contributed by atoms with Crippen LogP contribution in [0.2, 0.25) is 0 Å². The lowest BCUT2D eigenvalue weighted by atomic mass is 10.0. The minimum absolute atomic E-state index is 0.194. The van der Waals surface area contributed by atoms with Crippen LogP contribution in [0.1, 0.15) is 43.7 Å². The smallest absolute Gasteiger partial charge is 0.135 e. The van der Waals surface area contributed by atoms with Crippen molar-refractivity contribution in [3.05, 3.63) is 47.0 Å². The summed E-state index contributed by atoms with van der Waals surface area (Å²) in [5.41, 5.74) is 4.06. The first-order valence-corrected chi connectivity index (χ1v) is 7.64. The van der Waals surface area contributed by atoms with Crippen LogP contribution in [0, 0.1) is 11.2 Å². The maximum Gasteiger partial charge on any atom is 0.135 e. The fraction of sp³-hybridized carbons (Fsp3) is 0.438. The highest BCUT2D eigenvalue weighted by Gasteiger charge is 2.20. The highest BCUT2D eigenvalue weighted by atomic mass is 19.1. The Morgan fingerprint density at radius 2 is 2.26 bits per heavy atom. The molecule has 0 fully saturated rings. The predicted octanol–water partition coefficient (Wildman–Crippen LogP) is 1.86. The van der Waals surface area contributed by atoms with Crippen molar-refractivity contribution < 1.29 is 14.3 Å². The zero-order valence-electron chi connectivity index (χ0n) is 13.3. The van der Waals surface area contributed by atoms with E-state index in [-0.39, 0.29) is 6.04 Å². The molecular formula is C16H23FN4O2. The Balaban J connectivity index is 2.14. The molecule has 126 valence electrons. The van der Waals surface area contributed by atoms with Gasteiger partial charge < -0.3 is 15.3 Å². The van der Waals surface area contributed by atoms with Gasteiger partial charge in [-0.1, -0.05) is 13.0 Å². The number of hydrogen-bond acceptors (Lipinski definition) is 5. The minimum Gasteiger partial charge on any atom is -0.412 e. The number of halogens is 1. The Kier molecular flexibility index (Phi) is 6.09. The summed E-state index contributed by atoms with van der Waals surface area (Å²) in [6.07, 6.45) is 2.72. The second kappa shape index (κ2) is 8.05. The van der Waals surface area contributed by atoms with E-state index in [1.807, 2.05) is 6.08 Å². The number of aliphatic hydroxyl groups excluding tert-OH is 1. The monoisotopic (exact) mass is 322 g/mol. The first kappa shape index (κ1) is 17.4. The third-order valence-electron chi connectivity index (χ3n) is 3.71. The van der Waals surface area contributed by atoms with Crippen LogP contribution in [-0.4, -0.2) is 24.0 Å². The molecular weight excluding hydrogens is 299 g/mol. The van der Waals surface area contributed by atoms with Crippen LogP contribution in [0.15, 0.2) is 30.0 Å². The summed E-state index contributed by atoms with van der Waals surface area (Å²) in [7, 11) is 0. The van der Waals surface area contributed by atoms with Gasteiger partial charge in [0.05, 0.1) is 25.0 Å². The van der Waals surface area contributed by atoms with E-state index in [1.54, 1.807) is 13.0 Å². The van der Waals surface area contributed by atoms with E-state index in [2.05, 4.69) is 23.0 Å². The first-order chi connectivity index (χ1) is 11.0. The van der Waals surface area contributed by atoms with Crippen molar-refractivity contribution in [2.75, 3.05) is 6.54 Å². The normalized spacial score (nSPS) is 19.7. The zero-order chi connectivity index (χ0) is 16.8. The van der Waals surface area contributed by atoms with E-state index < -0.39 is 18.1 Å². The van der Waals surface area contributed by atoms with Crippen LogP contribution < -0.4 is 16.1 Å². The Bertz CT molecular complexity index is 577. The van der Waals surface area contributed by atoms with Gasteiger partial charge >= 0.3 is 0 Å². The second-order valence-electron chi connectivity index (χ2n) is 5.44. The molecule has 0 radical (unpaired) electrons. The molecule has 0 bridgehead atoms. The van der Waals surface area contributed by atoms with Crippen molar-refractivity contribution in [3.8, 4) is 0 Å². The molecule has 1 heterocycles. The molecule has 5 N–H and O–H groups in total. The number of hydroxylamine groups is 1. The van der Waals surface area contributed by atoms with Gasteiger partial charge in [0.2, 0.25) is 0 Å². The summed E-state index contributed by atoms with van der Waals surface area (Å²) in [6, 6.07) is 4.43. The Labute approximate surface area is 135 Å². The molecule has 0 amide bonds. The molecule has 2 rings (SSSR count). The van der Waals surface area contributed by atoms with Crippen molar-refractivity contribution in [1.29, 1.82) is 5.41 Å². The van der Waals surface area contributed by atoms with E-state index >= 15 is 0 Å². The van der Waals surface area contributed by atoms with Crippen LogP contribution in [0.25, 0.3) is 0 Å². The molecule has 0 spiro atoms. The highest BCUT2D eigenvalue weighted by Crippen LogP contribution is 2.24. The first-order valence-electron chi connectivity index (χ1n) is 7.64. The second-order valence-corrected chi connectivity index (χ2v) is 5.44. The lowest BCUT2D eigenvalue weighted by Gasteiger charge is -2.23. The fourth-order valence-electron chi connectivity index (χ4n) is 2.45. The van der Waals surface area contributed by atoms with Crippen LogP contribution in [0.5, 0.6) is 0 Å². The van der Waals surface area contributed by atoms with Crippen LogP contribution >= 0.6 is 0 Å². The number of rotatable bonds is 8. The summed E-state index contributed by atoms with van der Waals surface area (Å²) < 4.78 is 13.4. The van der Waals surface area contributed by atoms with Gasteiger partial charge in [-0.3, -0.25) is 10.7 Å². The molecule has 0 aromatic heterocycles. The maximum absolute atomic E-state index is 13.4. The van der Waals surface area contributed by atoms with E-state index in [0.717, 1.165) is 18.5 Å². The molecule has 1 aromatic carbocycles. The summed E-state index contributed by atoms with van der Waals surface area (Å²) in [5, 5.41) is 23.2. The van der Waals surface area contributed by atoms with Gasteiger partial charge in [-0.05, 0) is 42.7 Å². The van der Waals surface area contributed by atoms with Crippen molar-refractivity contribution in [3.63, 3.8) is 0 Å². The van der Waals surface area contributed by atoms with Gasteiger partial charge in [-0.15, -0.1) is 0 Å². The molecule has 6 nitrogen and oxygen atoms in total. The molecule has 23 heavy (non-hydrogen) atoms. The molecule has 3 unspecified atom stereocenters. The number of nitrogens with one attached hydrogen (secondary N) is 4. The third kappa shape index (κ3) is 4.51. The quantitative estimate of drug-likeness (QED) is 0.286. The highest BCUT2D eigenvalue weighted by molar-refractivity contribution is 5.51. The number of hydrogen-bond donors (Lipinski definition) is 5. The minimum atomic E-state index is -0.814. The molecule has 1 aliphatic rings. The molecule has 3 atom stereocenters. The summed E-state index contributed by atoms with van der Waals surface area (Å²) in [5.74, 6) is 0.351. The maximum atomic E-state index is 13.4.